The molecule has 0 aliphatic heterocycles. The summed E-state index contributed by atoms with van der Waals surface area (Å²) in [5, 5.41) is 11.6. The highest BCUT2D eigenvalue weighted by atomic mass is 35.5. The molecule has 0 unspecified atom stereocenters. The van der Waals surface area contributed by atoms with Gasteiger partial charge in [-0.3, -0.25) is 0 Å². The third-order valence-corrected chi connectivity index (χ3v) is 2.63. The van der Waals surface area contributed by atoms with Crippen molar-refractivity contribution in [1.29, 1.82) is 5.26 Å². The van der Waals surface area contributed by atoms with Crippen LogP contribution in [0.2, 0.25) is 5.02 Å². The first kappa shape index (κ1) is 12.3. The van der Waals surface area contributed by atoms with E-state index in [1.54, 1.807) is 0 Å². The van der Waals surface area contributed by atoms with Crippen LogP contribution in [-0.2, 0) is 0 Å². The number of benzene rings is 2. The standard InChI is InChI=1S/C13H7ClF2N2/c14-9-6-8(7-17)4-5-11(9)18-12-3-1-2-10(15)13(12)16/h1-6,18H. The van der Waals surface area contributed by atoms with E-state index in [2.05, 4.69) is 5.32 Å². The molecule has 2 aromatic carbocycles. The lowest BCUT2D eigenvalue weighted by Crippen LogP contribution is -1.96. The Kier molecular flexibility index (Phi) is 3.45. The minimum atomic E-state index is -0.974. The molecule has 18 heavy (non-hydrogen) atoms. The number of anilines is 2. The number of rotatable bonds is 2. The van der Waals surface area contributed by atoms with Crippen molar-refractivity contribution in [3.63, 3.8) is 0 Å². The van der Waals surface area contributed by atoms with Crippen molar-refractivity contribution in [2.24, 2.45) is 0 Å². The number of halogens is 3. The van der Waals surface area contributed by atoms with Gasteiger partial charge in [-0.2, -0.15) is 5.26 Å². The first-order chi connectivity index (χ1) is 8.61. The quantitative estimate of drug-likeness (QED) is 0.881. The van der Waals surface area contributed by atoms with Gasteiger partial charge in [0.2, 0.25) is 0 Å². The molecule has 0 saturated carbocycles. The summed E-state index contributed by atoms with van der Waals surface area (Å²) in [6.45, 7) is 0. The van der Waals surface area contributed by atoms with E-state index in [9.17, 15) is 8.78 Å². The fraction of sp³-hybridized carbons (Fsp3) is 0. The van der Waals surface area contributed by atoms with Crippen LogP contribution in [0.4, 0.5) is 20.2 Å². The topological polar surface area (TPSA) is 35.8 Å². The Balaban J connectivity index is 2.35. The molecule has 1 N–H and O–H groups in total. The minimum absolute atomic E-state index is 0.0124. The number of nitrogens with zero attached hydrogens (tertiary/aromatic N) is 1. The van der Waals surface area contributed by atoms with Crippen LogP contribution in [0.3, 0.4) is 0 Å². The average molecular weight is 265 g/mol. The molecule has 0 aliphatic rings. The Hall–Kier alpha value is -2.12. The molecule has 0 bridgehead atoms. The second kappa shape index (κ2) is 5.03. The van der Waals surface area contributed by atoms with Gasteiger partial charge in [0.05, 0.1) is 28.0 Å². The summed E-state index contributed by atoms with van der Waals surface area (Å²) in [5.41, 5.74) is 0.784. The van der Waals surface area contributed by atoms with Crippen LogP contribution >= 0.6 is 11.6 Å². The van der Waals surface area contributed by atoms with Crippen molar-refractivity contribution < 1.29 is 8.78 Å². The van der Waals surface area contributed by atoms with Crippen LogP contribution in [-0.4, -0.2) is 0 Å². The molecule has 0 heterocycles. The molecule has 0 atom stereocenters. The van der Waals surface area contributed by atoms with E-state index in [4.69, 9.17) is 16.9 Å². The van der Waals surface area contributed by atoms with Crippen LogP contribution in [0.15, 0.2) is 36.4 Å². The van der Waals surface area contributed by atoms with Gasteiger partial charge in [-0.25, -0.2) is 8.78 Å². The molecular formula is C13H7ClF2N2. The summed E-state index contributed by atoms with van der Waals surface area (Å²) in [5.74, 6) is -1.91. The molecule has 0 radical (unpaired) electrons. The molecule has 2 aromatic rings. The van der Waals surface area contributed by atoms with Crippen LogP contribution < -0.4 is 5.32 Å². The minimum Gasteiger partial charge on any atom is -0.352 e. The number of hydrogen-bond donors (Lipinski definition) is 1. The van der Waals surface area contributed by atoms with Crippen LogP contribution in [0.5, 0.6) is 0 Å². The molecule has 2 rings (SSSR count). The van der Waals surface area contributed by atoms with Crippen LogP contribution in [0.1, 0.15) is 5.56 Å². The van der Waals surface area contributed by atoms with Gasteiger partial charge in [0.15, 0.2) is 11.6 Å². The second-order valence-electron chi connectivity index (χ2n) is 3.53. The molecule has 5 heteroatoms. The zero-order valence-electron chi connectivity index (χ0n) is 9.05. The molecule has 0 aromatic heterocycles. The van der Waals surface area contributed by atoms with Gasteiger partial charge in [-0.05, 0) is 30.3 Å². The highest BCUT2D eigenvalue weighted by Gasteiger charge is 2.09. The Bertz CT molecular complexity index is 635. The van der Waals surface area contributed by atoms with Gasteiger partial charge in [0, 0.05) is 0 Å². The van der Waals surface area contributed by atoms with Gasteiger partial charge in [0.25, 0.3) is 0 Å². The fourth-order valence-corrected chi connectivity index (χ4v) is 1.66. The first-order valence-electron chi connectivity index (χ1n) is 5.02. The molecule has 2 nitrogen and oxygen atoms in total. The van der Waals surface area contributed by atoms with Crippen molar-refractivity contribution in [3.8, 4) is 6.07 Å². The third-order valence-electron chi connectivity index (χ3n) is 2.32. The summed E-state index contributed by atoms with van der Waals surface area (Å²) in [6.07, 6.45) is 0. The fourth-order valence-electron chi connectivity index (χ4n) is 1.43. The van der Waals surface area contributed by atoms with Crippen LogP contribution in [0, 0.1) is 23.0 Å². The maximum absolute atomic E-state index is 13.4. The highest BCUT2D eigenvalue weighted by Crippen LogP contribution is 2.28. The largest absolute Gasteiger partial charge is 0.352 e. The molecule has 0 fully saturated rings. The monoisotopic (exact) mass is 264 g/mol. The maximum Gasteiger partial charge on any atom is 0.182 e. The van der Waals surface area contributed by atoms with Crippen molar-refractivity contribution >= 4 is 23.0 Å². The Morgan fingerprint density at radius 1 is 1.11 bits per heavy atom. The SMILES string of the molecule is N#Cc1ccc(Nc2cccc(F)c2F)c(Cl)c1. The van der Waals surface area contributed by atoms with E-state index in [1.807, 2.05) is 6.07 Å². The smallest absolute Gasteiger partial charge is 0.182 e. The summed E-state index contributed by atoms with van der Waals surface area (Å²) in [4.78, 5) is 0. The molecule has 0 saturated heterocycles. The molecule has 90 valence electrons. The van der Waals surface area contributed by atoms with Crippen molar-refractivity contribution in [2.75, 3.05) is 5.32 Å². The van der Waals surface area contributed by atoms with Crippen LogP contribution in [0.25, 0.3) is 0 Å². The third kappa shape index (κ3) is 2.41. The van der Waals surface area contributed by atoms with E-state index in [0.29, 0.717) is 11.3 Å². The lowest BCUT2D eigenvalue weighted by atomic mass is 10.2. The van der Waals surface area contributed by atoms with E-state index >= 15 is 0 Å². The zero-order valence-corrected chi connectivity index (χ0v) is 9.80. The maximum atomic E-state index is 13.4. The number of nitriles is 1. The van der Waals surface area contributed by atoms with Gasteiger partial charge in [-0.15, -0.1) is 0 Å². The summed E-state index contributed by atoms with van der Waals surface area (Å²) >= 11 is 5.92. The first-order valence-corrected chi connectivity index (χ1v) is 5.40. The Morgan fingerprint density at radius 2 is 1.89 bits per heavy atom. The lowest BCUT2D eigenvalue weighted by Gasteiger charge is -2.09. The van der Waals surface area contributed by atoms with Gasteiger partial charge < -0.3 is 5.32 Å². The average Bonchev–Trinajstić information content (AvgIpc) is 2.37. The summed E-state index contributed by atoms with van der Waals surface area (Å²) < 4.78 is 26.4. The summed E-state index contributed by atoms with van der Waals surface area (Å²) in [6, 6.07) is 10.3. The van der Waals surface area contributed by atoms with Crippen molar-refractivity contribution in [3.05, 3.63) is 58.6 Å². The highest BCUT2D eigenvalue weighted by molar-refractivity contribution is 6.33. The van der Waals surface area contributed by atoms with E-state index in [0.717, 1.165) is 6.07 Å². The normalized spacial score (nSPS) is 9.89. The Labute approximate surface area is 107 Å². The van der Waals surface area contributed by atoms with E-state index in [1.165, 1.54) is 30.3 Å². The van der Waals surface area contributed by atoms with Crippen molar-refractivity contribution in [2.45, 2.75) is 0 Å². The molecule has 0 aliphatic carbocycles. The summed E-state index contributed by atoms with van der Waals surface area (Å²) in [7, 11) is 0. The lowest BCUT2D eigenvalue weighted by molar-refractivity contribution is 0.512. The molecular weight excluding hydrogens is 258 g/mol. The van der Waals surface area contributed by atoms with E-state index in [-0.39, 0.29) is 10.7 Å². The zero-order chi connectivity index (χ0) is 13.1. The van der Waals surface area contributed by atoms with Gasteiger partial charge in [0.1, 0.15) is 0 Å². The predicted molar refractivity (Wildman–Crippen MR) is 65.8 cm³/mol. The van der Waals surface area contributed by atoms with E-state index < -0.39 is 11.6 Å². The van der Waals surface area contributed by atoms with Crippen molar-refractivity contribution in [1.82, 2.24) is 0 Å². The molecule has 0 spiro atoms. The molecule has 0 amide bonds. The van der Waals surface area contributed by atoms with Gasteiger partial charge in [-0.1, -0.05) is 17.7 Å². The van der Waals surface area contributed by atoms with Gasteiger partial charge >= 0.3 is 0 Å². The Morgan fingerprint density at radius 3 is 2.56 bits per heavy atom. The second-order valence-corrected chi connectivity index (χ2v) is 3.94. The number of hydrogen-bond acceptors (Lipinski definition) is 2. The predicted octanol–water partition coefficient (Wildman–Crippen LogP) is 4.23. The number of nitrogens with one attached hydrogen (secondary N) is 1.